The molecule has 0 bridgehead atoms. The number of benzene rings is 2. The third kappa shape index (κ3) is 6.40. The van der Waals surface area contributed by atoms with Crippen LogP contribution in [-0.4, -0.2) is 25.1 Å². The molecule has 0 aliphatic carbocycles. The van der Waals surface area contributed by atoms with E-state index in [-0.39, 0.29) is 18.5 Å². The van der Waals surface area contributed by atoms with E-state index < -0.39 is 0 Å². The number of amides is 1. The summed E-state index contributed by atoms with van der Waals surface area (Å²) in [6.45, 7) is 6.23. The average molecular weight is 434 g/mol. The van der Waals surface area contributed by atoms with Gasteiger partial charge in [-0.3, -0.25) is 4.79 Å². The predicted octanol–water partition coefficient (Wildman–Crippen LogP) is 5.04. The van der Waals surface area contributed by atoms with Gasteiger partial charge in [0.2, 0.25) is 0 Å². The minimum Gasteiger partial charge on any atom is -0.483 e. The standard InChI is InChI=1S/C21H24BrNO4/c1-4-5-10-26-21(25)16-6-8-18(9-7-16)23-19(24)13-27-20-14(2)11-17(22)12-15(20)3/h6-9,11-12H,4-5,10,13H2,1-3H3,(H,23,24). The third-order valence-corrected chi connectivity index (χ3v) is 4.37. The monoisotopic (exact) mass is 433 g/mol. The van der Waals surface area contributed by atoms with Gasteiger partial charge in [-0.05, 0) is 67.8 Å². The molecule has 0 fully saturated rings. The Morgan fingerprint density at radius 3 is 2.30 bits per heavy atom. The number of hydrogen-bond acceptors (Lipinski definition) is 4. The zero-order valence-electron chi connectivity index (χ0n) is 15.8. The summed E-state index contributed by atoms with van der Waals surface area (Å²) in [4.78, 5) is 24.0. The maximum atomic E-state index is 12.1. The quantitative estimate of drug-likeness (QED) is 0.467. The molecule has 1 amide bonds. The van der Waals surface area contributed by atoms with Gasteiger partial charge in [-0.1, -0.05) is 29.3 Å². The Morgan fingerprint density at radius 1 is 1.07 bits per heavy atom. The molecule has 0 aromatic heterocycles. The summed E-state index contributed by atoms with van der Waals surface area (Å²) < 4.78 is 11.8. The largest absolute Gasteiger partial charge is 0.483 e. The van der Waals surface area contributed by atoms with E-state index in [2.05, 4.69) is 21.2 Å². The van der Waals surface area contributed by atoms with Crippen molar-refractivity contribution < 1.29 is 19.1 Å². The Bertz CT molecular complexity index is 779. The average Bonchev–Trinajstić information content (AvgIpc) is 2.61. The van der Waals surface area contributed by atoms with Gasteiger partial charge in [0, 0.05) is 10.2 Å². The number of aryl methyl sites for hydroxylation is 2. The van der Waals surface area contributed by atoms with Crippen LogP contribution in [0.5, 0.6) is 5.75 Å². The van der Waals surface area contributed by atoms with Crippen molar-refractivity contribution in [2.24, 2.45) is 0 Å². The van der Waals surface area contributed by atoms with Crippen LogP contribution >= 0.6 is 15.9 Å². The number of halogens is 1. The van der Waals surface area contributed by atoms with Gasteiger partial charge in [0.05, 0.1) is 12.2 Å². The second kappa shape index (κ2) is 10.1. The van der Waals surface area contributed by atoms with E-state index in [0.717, 1.165) is 28.4 Å². The van der Waals surface area contributed by atoms with Gasteiger partial charge >= 0.3 is 5.97 Å². The highest BCUT2D eigenvalue weighted by atomic mass is 79.9. The molecule has 5 nitrogen and oxygen atoms in total. The van der Waals surface area contributed by atoms with Crippen molar-refractivity contribution in [3.8, 4) is 5.75 Å². The Morgan fingerprint density at radius 2 is 1.70 bits per heavy atom. The first-order chi connectivity index (χ1) is 12.9. The van der Waals surface area contributed by atoms with Crippen LogP contribution in [0.2, 0.25) is 0 Å². The smallest absolute Gasteiger partial charge is 0.338 e. The fourth-order valence-corrected chi connectivity index (χ4v) is 3.23. The molecular formula is C21H24BrNO4. The zero-order chi connectivity index (χ0) is 19.8. The number of unbranched alkanes of at least 4 members (excludes halogenated alkanes) is 1. The topological polar surface area (TPSA) is 64.6 Å². The molecule has 1 N–H and O–H groups in total. The van der Waals surface area contributed by atoms with E-state index in [9.17, 15) is 9.59 Å². The molecule has 0 radical (unpaired) electrons. The number of carbonyl (C=O) groups is 2. The zero-order valence-corrected chi connectivity index (χ0v) is 17.4. The van der Waals surface area contributed by atoms with Crippen molar-refractivity contribution in [1.82, 2.24) is 0 Å². The van der Waals surface area contributed by atoms with E-state index in [1.807, 2.05) is 32.9 Å². The lowest BCUT2D eigenvalue weighted by Gasteiger charge is -2.13. The van der Waals surface area contributed by atoms with Crippen LogP contribution in [0.25, 0.3) is 0 Å². The molecule has 2 aromatic rings. The molecule has 6 heteroatoms. The van der Waals surface area contributed by atoms with Crippen LogP contribution < -0.4 is 10.1 Å². The van der Waals surface area contributed by atoms with Crippen LogP contribution in [0.15, 0.2) is 40.9 Å². The minimum atomic E-state index is -0.356. The van der Waals surface area contributed by atoms with Crippen molar-refractivity contribution in [1.29, 1.82) is 0 Å². The SMILES string of the molecule is CCCCOC(=O)c1ccc(NC(=O)COc2c(C)cc(Br)cc2C)cc1. The number of nitrogens with one attached hydrogen (secondary N) is 1. The number of carbonyl (C=O) groups excluding carboxylic acids is 2. The van der Waals surface area contributed by atoms with E-state index in [1.54, 1.807) is 24.3 Å². The van der Waals surface area contributed by atoms with Gasteiger partial charge in [-0.2, -0.15) is 0 Å². The molecule has 0 saturated carbocycles. The van der Waals surface area contributed by atoms with Gasteiger partial charge in [0.1, 0.15) is 5.75 Å². The number of hydrogen-bond donors (Lipinski definition) is 1. The highest BCUT2D eigenvalue weighted by molar-refractivity contribution is 9.10. The van der Waals surface area contributed by atoms with Crippen LogP contribution in [0.1, 0.15) is 41.3 Å². The summed E-state index contributed by atoms with van der Waals surface area (Å²) in [5, 5.41) is 2.76. The Hall–Kier alpha value is -2.34. The number of esters is 1. The number of rotatable bonds is 8. The number of anilines is 1. The fraction of sp³-hybridized carbons (Fsp3) is 0.333. The second-order valence-electron chi connectivity index (χ2n) is 6.27. The van der Waals surface area contributed by atoms with Crippen LogP contribution in [0, 0.1) is 13.8 Å². The molecule has 2 aromatic carbocycles. The molecule has 0 unspecified atom stereocenters. The Labute approximate surface area is 168 Å². The maximum Gasteiger partial charge on any atom is 0.338 e. The van der Waals surface area contributed by atoms with Gasteiger partial charge in [0.25, 0.3) is 5.91 Å². The lowest BCUT2D eigenvalue weighted by molar-refractivity contribution is -0.118. The highest BCUT2D eigenvalue weighted by Gasteiger charge is 2.10. The van der Waals surface area contributed by atoms with Crippen molar-refractivity contribution in [3.05, 3.63) is 57.6 Å². The van der Waals surface area contributed by atoms with E-state index in [0.29, 0.717) is 23.6 Å². The first-order valence-electron chi connectivity index (χ1n) is 8.87. The normalized spacial score (nSPS) is 10.4. The van der Waals surface area contributed by atoms with E-state index in [1.165, 1.54) is 0 Å². The van der Waals surface area contributed by atoms with E-state index in [4.69, 9.17) is 9.47 Å². The molecule has 27 heavy (non-hydrogen) atoms. The Balaban J connectivity index is 1.88. The lowest BCUT2D eigenvalue weighted by atomic mass is 10.1. The summed E-state index contributed by atoms with van der Waals surface area (Å²) in [7, 11) is 0. The molecule has 0 saturated heterocycles. The first-order valence-corrected chi connectivity index (χ1v) is 9.66. The van der Waals surface area contributed by atoms with Crippen LogP contribution in [0.4, 0.5) is 5.69 Å². The van der Waals surface area contributed by atoms with Crippen LogP contribution in [0.3, 0.4) is 0 Å². The minimum absolute atomic E-state index is 0.0931. The van der Waals surface area contributed by atoms with Gasteiger partial charge in [-0.25, -0.2) is 4.79 Å². The Kier molecular flexibility index (Phi) is 7.85. The summed E-state index contributed by atoms with van der Waals surface area (Å²) in [5.41, 5.74) is 2.97. The van der Waals surface area contributed by atoms with Crippen molar-refractivity contribution >= 4 is 33.5 Å². The third-order valence-electron chi connectivity index (χ3n) is 3.91. The molecule has 0 aliphatic heterocycles. The number of ether oxygens (including phenoxy) is 2. The molecule has 0 atom stereocenters. The van der Waals surface area contributed by atoms with E-state index >= 15 is 0 Å². The molecule has 2 rings (SSSR count). The van der Waals surface area contributed by atoms with Crippen molar-refractivity contribution in [2.45, 2.75) is 33.6 Å². The van der Waals surface area contributed by atoms with Crippen LogP contribution in [-0.2, 0) is 9.53 Å². The van der Waals surface area contributed by atoms with Gasteiger partial charge < -0.3 is 14.8 Å². The second-order valence-corrected chi connectivity index (χ2v) is 7.19. The highest BCUT2D eigenvalue weighted by Crippen LogP contribution is 2.27. The molecule has 144 valence electrons. The summed E-state index contributed by atoms with van der Waals surface area (Å²) >= 11 is 3.44. The van der Waals surface area contributed by atoms with Gasteiger partial charge in [-0.15, -0.1) is 0 Å². The van der Waals surface area contributed by atoms with Crippen molar-refractivity contribution in [2.75, 3.05) is 18.5 Å². The summed E-state index contributed by atoms with van der Waals surface area (Å²) in [6.07, 6.45) is 1.82. The molecular weight excluding hydrogens is 410 g/mol. The molecule has 0 aliphatic rings. The summed E-state index contributed by atoms with van der Waals surface area (Å²) in [6, 6.07) is 10.5. The van der Waals surface area contributed by atoms with Crippen molar-refractivity contribution in [3.63, 3.8) is 0 Å². The fourth-order valence-electron chi connectivity index (χ4n) is 2.54. The predicted molar refractivity (Wildman–Crippen MR) is 109 cm³/mol. The molecule has 0 heterocycles. The lowest BCUT2D eigenvalue weighted by Crippen LogP contribution is -2.20. The van der Waals surface area contributed by atoms with Gasteiger partial charge in [0.15, 0.2) is 6.61 Å². The molecule has 0 spiro atoms. The first kappa shape index (κ1) is 21.0. The maximum absolute atomic E-state index is 12.1. The summed E-state index contributed by atoms with van der Waals surface area (Å²) in [5.74, 6) is 0.0827.